The topological polar surface area (TPSA) is 110 Å². The molecule has 7 nitrogen and oxygen atoms in total. The van der Waals surface area contributed by atoms with E-state index in [9.17, 15) is 31.5 Å². The standard InChI is InChI=1S/C14H19F3N2O5S/c1-9(25(22,23)6-4-5-14(15,16)17)12(21)18-11-7-10(24-19-11)13(2,3)8-20/h7,20H,1,4-6,8H2,2-3H3,(H,18,19,21). The molecule has 0 spiro atoms. The van der Waals surface area contributed by atoms with Gasteiger partial charge in [0.05, 0.1) is 12.4 Å². The third kappa shape index (κ3) is 6.16. The number of amides is 1. The maximum absolute atomic E-state index is 12.1. The number of aliphatic hydroxyl groups is 1. The van der Waals surface area contributed by atoms with Gasteiger partial charge in [-0.25, -0.2) is 8.42 Å². The van der Waals surface area contributed by atoms with Crippen molar-refractivity contribution in [3.63, 3.8) is 0 Å². The Balaban J connectivity index is 2.72. The Hall–Kier alpha value is -1.88. The minimum Gasteiger partial charge on any atom is -0.395 e. The van der Waals surface area contributed by atoms with E-state index in [4.69, 9.17) is 4.52 Å². The van der Waals surface area contributed by atoms with Crippen LogP contribution in [0.5, 0.6) is 0 Å². The van der Waals surface area contributed by atoms with Crippen molar-refractivity contribution >= 4 is 21.6 Å². The highest BCUT2D eigenvalue weighted by atomic mass is 32.2. The lowest BCUT2D eigenvalue weighted by Gasteiger charge is -2.16. The van der Waals surface area contributed by atoms with Crippen molar-refractivity contribution < 1.29 is 36.0 Å². The second-order valence-electron chi connectivity index (χ2n) is 6.03. The van der Waals surface area contributed by atoms with Gasteiger partial charge in [-0.3, -0.25) is 4.79 Å². The Labute approximate surface area is 142 Å². The Morgan fingerprint density at radius 3 is 2.52 bits per heavy atom. The number of rotatable bonds is 8. The second-order valence-corrected chi connectivity index (χ2v) is 8.16. The number of aliphatic hydroxyl groups excluding tert-OH is 1. The Morgan fingerprint density at radius 2 is 2.00 bits per heavy atom. The molecule has 0 radical (unpaired) electrons. The van der Waals surface area contributed by atoms with E-state index in [0.717, 1.165) is 0 Å². The van der Waals surface area contributed by atoms with Crippen molar-refractivity contribution in [3.8, 4) is 0 Å². The summed E-state index contributed by atoms with van der Waals surface area (Å²) in [5.74, 6) is -1.81. The third-order valence-electron chi connectivity index (χ3n) is 3.32. The predicted octanol–water partition coefficient (Wildman–Crippen LogP) is 2.15. The fourth-order valence-electron chi connectivity index (χ4n) is 1.64. The summed E-state index contributed by atoms with van der Waals surface area (Å²) in [7, 11) is -4.23. The highest BCUT2D eigenvalue weighted by molar-refractivity contribution is 7.96. The molecule has 2 N–H and O–H groups in total. The van der Waals surface area contributed by atoms with Crippen LogP contribution in [0.25, 0.3) is 0 Å². The minimum absolute atomic E-state index is 0.104. The normalized spacial score (nSPS) is 12.9. The molecule has 1 aromatic heterocycles. The fraction of sp³-hybridized carbons (Fsp3) is 0.571. The van der Waals surface area contributed by atoms with E-state index in [-0.39, 0.29) is 18.2 Å². The SMILES string of the molecule is C=C(C(=O)Nc1cc(C(C)(C)CO)on1)S(=O)(=O)CCCC(F)(F)F. The average Bonchev–Trinajstić information content (AvgIpc) is 2.94. The number of alkyl halides is 3. The molecule has 0 saturated carbocycles. The van der Waals surface area contributed by atoms with Crippen LogP contribution >= 0.6 is 0 Å². The number of halogens is 3. The van der Waals surface area contributed by atoms with E-state index in [2.05, 4.69) is 17.1 Å². The number of sulfone groups is 1. The molecule has 0 aromatic carbocycles. The van der Waals surface area contributed by atoms with Crippen molar-refractivity contribution in [3.05, 3.63) is 23.3 Å². The van der Waals surface area contributed by atoms with E-state index in [1.165, 1.54) is 6.07 Å². The Bertz CT molecular complexity index is 738. The molecule has 25 heavy (non-hydrogen) atoms. The zero-order valence-corrected chi connectivity index (χ0v) is 14.5. The van der Waals surface area contributed by atoms with Gasteiger partial charge < -0.3 is 14.9 Å². The number of hydrogen-bond donors (Lipinski definition) is 2. The summed E-state index contributed by atoms with van der Waals surface area (Å²) < 4.78 is 64.9. The van der Waals surface area contributed by atoms with E-state index in [1.807, 2.05) is 0 Å². The van der Waals surface area contributed by atoms with Crippen molar-refractivity contribution in [1.29, 1.82) is 0 Å². The molecule has 11 heteroatoms. The lowest BCUT2D eigenvalue weighted by Crippen LogP contribution is -2.23. The molecule has 0 aliphatic rings. The van der Waals surface area contributed by atoms with Crippen LogP contribution in [0.2, 0.25) is 0 Å². The van der Waals surface area contributed by atoms with E-state index < -0.39 is 50.8 Å². The van der Waals surface area contributed by atoms with Crippen LogP contribution in [-0.2, 0) is 20.0 Å². The molecule has 0 aliphatic heterocycles. The Kier molecular flexibility index (Phi) is 6.40. The number of nitrogens with zero attached hydrogens (tertiary/aromatic N) is 1. The highest BCUT2D eigenvalue weighted by Gasteiger charge is 2.30. The van der Waals surface area contributed by atoms with Gasteiger partial charge in [-0.1, -0.05) is 25.6 Å². The van der Waals surface area contributed by atoms with Crippen LogP contribution in [0, 0.1) is 0 Å². The van der Waals surface area contributed by atoms with Gasteiger partial charge in [-0.2, -0.15) is 13.2 Å². The summed E-state index contributed by atoms with van der Waals surface area (Å²) >= 11 is 0. The molecule has 1 heterocycles. The molecule has 1 amide bonds. The third-order valence-corrected chi connectivity index (χ3v) is 5.08. The quantitative estimate of drug-likeness (QED) is 0.665. The van der Waals surface area contributed by atoms with Gasteiger partial charge in [0.15, 0.2) is 15.7 Å². The molecule has 1 aromatic rings. The zero-order chi connectivity index (χ0) is 19.5. The minimum atomic E-state index is -4.48. The van der Waals surface area contributed by atoms with Crippen LogP contribution in [0.4, 0.5) is 19.0 Å². The summed E-state index contributed by atoms with van der Waals surface area (Å²) in [6, 6.07) is 1.30. The second kappa shape index (κ2) is 7.56. The van der Waals surface area contributed by atoms with Crippen LogP contribution in [0.1, 0.15) is 32.4 Å². The molecule has 1 rings (SSSR count). The van der Waals surface area contributed by atoms with E-state index >= 15 is 0 Å². The summed E-state index contributed by atoms with van der Waals surface area (Å²) in [6.07, 6.45) is -6.42. The average molecular weight is 384 g/mol. The summed E-state index contributed by atoms with van der Waals surface area (Å²) in [5, 5.41) is 14.9. The zero-order valence-electron chi connectivity index (χ0n) is 13.7. The molecule has 0 bridgehead atoms. The summed E-state index contributed by atoms with van der Waals surface area (Å²) in [5.41, 5.74) is -0.767. The van der Waals surface area contributed by atoms with Crippen LogP contribution in [0.3, 0.4) is 0 Å². The molecular weight excluding hydrogens is 365 g/mol. The largest absolute Gasteiger partial charge is 0.395 e. The first-order valence-electron chi connectivity index (χ1n) is 7.16. The van der Waals surface area contributed by atoms with Crippen molar-refractivity contribution in [2.75, 3.05) is 17.7 Å². The van der Waals surface area contributed by atoms with Crippen LogP contribution in [0.15, 0.2) is 22.1 Å². The van der Waals surface area contributed by atoms with Crippen molar-refractivity contribution in [2.24, 2.45) is 0 Å². The van der Waals surface area contributed by atoms with Gasteiger partial charge in [0.1, 0.15) is 10.7 Å². The van der Waals surface area contributed by atoms with Crippen molar-refractivity contribution in [1.82, 2.24) is 5.16 Å². The predicted molar refractivity (Wildman–Crippen MR) is 83.5 cm³/mol. The fourth-order valence-corrected chi connectivity index (χ4v) is 2.75. The van der Waals surface area contributed by atoms with Gasteiger partial charge in [0, 0.05) is 17.9 Å². The number of carbonyl (C=O) groups is 1. The molecule has 0 fully saturated rings. The van der Waals surface area contributed by atoms with Crippen LogP contribution < -0.4 is 5.32 Å². The van der Waals surface area contributed by atoms with Crippen molar-refractivity contribution in [2.45, 2.75) is 38.3 Å². The van der Waals surface area contributed by atoms with Gasteiger partial charge in [-0.15, -0.1) is 0 Å². The van der Waals surface area contributed by atoms with Gasteiger partial charge in [-0.05, 0) is 6.42 Å². The van der Waals surface area contributed by atoms with E-state index in [1.54, 1.807) is 13.8 Å². The number of carbonyl (C=O) groups excluding carboxylic acids is 1. The maximum Gasteiger partial charge on any atom is 0.389 e. The Morgan fingerprint density at radius 1 is 1.40 bits per heavy atom. The molecule has 0 aliphatic carbocycles. The van der Waals surface area contributed by atoms with E-state index in [0.29, 0.717) is 0 Å². The first kappa shape index (κ1) is 21.2. The lowest BCUT2D eigenvalue weighted by molar-refractivity contribution is -0.134. The summed E-state index contributed by atoms with van der Waals surface area (Å²) in [4.78, 5) is 11.0. The molecule has 0 atom stereocenters. The smallest absolute Gasteiger partial charge is 0.389 e. The monoisotopic (exact) mass is 384 g/mol. The van der Waals surface area contributed by atoms with Gasteiger partial charge in [0.2, 0.25) is 0 Å². The molecule has 0 unspecified atom stereocenters. The number of anilines is 1. The molecule has 142 valence electrons. The first-order valence-corrected chi connectivity index (χ1v) is 8.81. The highest BCUT2D eigenvalue weighted by Crippen LogP contribution is 2.25. The first-order chi connectivity index (χ1) is 11.3. The molecule has 0 saturated heterocycles. The number of nitrogens with one attached hydrogen (secondary N) is 1. The summed E-state index contributed by atoms with van der Waals surface area (Å²) in [6.45, 7) is 6.19. The van der Waals surface area contributed by atoms with Crippen LogP contribution in [-0.4, -0.2) is 43.1 Å². The maximum atomic E-state index is 12.1. The molecular formula is C14H19F3N2O5S. The number of aromatic nitrogens is 1. The van der Waals surface area contributed by atoms with Gasteiger partial charge in [0.25, 0.3) is 5.91 Å². The lowest BCUT2D eigenvalue weighted by atomic mass is 9.92. The number of hydrogen-bond acceptors (Lipinski definition) is 6. The van der Waals surface area contributed by atoms with Gasteiger partial charge >= 0.3 is 6.18 Å².